The molecule has 0 fully saturated rings. The highest BCUT2D eigenvalue weighted by atomic mass is 32.2. The molecule has 0 spiro atoms. The summed E-state index contributed by atoms with van der Waals surface area (Å²) in [7, 11) is -4.11. The molecular weight excluding hydrogens is 276 g/mol. The minimum absolute atomic E-state index is 0.183. The molecule has 1 rings (SSSR count). The Labute approximate surface area is 122 Å². The van der Waals surface area contributed by atoms with Gasteiger partial charge in [0.25, 0.3) is 10.1 Å². The summed E-state index contributed by atoms with van der Waals surface area (Å²) in [6.45, 7) is 12.3. The van der Waals surface area contributed by atoms with E-state index in [-0.39, 0.29) is 4.90 Å². The second-order valence-electron chi connectivity index (χ2n) is 5.07. The molecule has 0 bridgehead atoms. The van der Waals surface area contributed by atoms with E-state index in [4.69, 9.17) is 10.3 Å². The number of benzene rings is 1. The summed E-state index contributed by atoms with van der Waals surface area (Å²) >= 11 is 0. The Morgan fingerprint density at radius 3 is 1.90 bits per heavy atom. The van der Waals surface area contributed by atoms with Crippen LogP contribution in [0, 0.1) is 0 Å². The van der Waals surface area contributed by atoms with E-state index in [1.807, 2.05) is 0 Å². The Kier molecular flexibility index (Phi) is 7.78. The lowest BCUT2D eigenvalue weighted by molar-refractivity contribution is 0.185. The van der Waals surface area contributed by atoms with Gasteiger partial charge in [0.05, 0.1) is 4.90 Å². The molecule has 1 aromatic rings. The van der Waals surface area contributed by atoms with Crippen LogP contribution in [0.2, 0.25) is 0 Å². The Hall–Kier alpha value is -1.11. The monoisotopic (exact) mass is 302 g/mol. The van der Waals surface area contributed by atoms with Crippen molar-refractivity contribution in [2.24, 2.45) is 0 Å². The maximum Gasteiger partial charge on any atom is 0.294 e. The molecular formula is C14H26N2O3S. The normalized spacial score (nSPS) is 11.7. The SMILES string of the molecule is CCN(C(C)C)C(C)C.Nc1cccc(S(=O)(=O)O)c1. The lowest BCUT2D eigenvalue weighted by atomic mass is 10.2. The second-order valence-corrected chi connectivity index (χ2v) is 6.49. The van der Waals surface area contributed by atoms with Crippen LogP contribution in [-0.4, -0.2) is 36.5 Å². The van der Waals surface area contributed by atoms with Gasteiger partial charge in [0.15, 0.2) is 0 Å². The summed E-state index contributed by atoms with van der Waals surface area (Å²) < 4.78 is 29.5. The van der Waals surface area contributed by atoms with E-state index in [0.717, 1.165) is 6.54 Å². The summed E-state index contributed by atoms with van der Waals surface area (Å²) in [6, 6.07) is 6.83. The van der Waals surface area contributed by atoms with E-state index in [0.29, 0.717) is 17.8 Å². The molecule has 0 radical (unpaired) electrons. The van der Waals surface area contributed by atoms with E-state index < -0.39 is 10.1 Å². The van der Waals surface area contributed by atoms with Crippen LogP contribution in [0.4, 0.5) is 5.69 Å². The molecule has 0 amide bonds. The third-order valence-electron chi connectivity index (χ3n) is 2.85. The van der Waals surface area contributed by atoms with Crippen LogP contribution in [0.3, 0.4) is 0 Å². The van der Waals surface area contributed by atoms with Crippen LogP contribution in [0.25, 0.3) is 0 Å². The lowest BCUT2D eigenvalue weighted by Crippen LogP contribution is -2.36. The highest BCUT2D eigenvalue weighted by molar-refractivity contribution is 7.85. The van der Waals surface area contributed by atoms with E-state index in [1.165, 1.54) is 24.3 Å². The van der Waals surface area contributed by atoms with Crippen LogP contribution in [0.5, 0.6) is 0 Å². The molecule has 0 aliphatic rings. The molecule has 0 aliphatic heterocycles. The first-order valence-corrected chi connectivity index (χ1v) is 8.12. The van der Waals surface area contributed by atoms with Crippen molar-refractivity contribution in [3.8, 4) is 0 Å². The molecule has 116 valence electrons. The zero-order valence-electron chi connectivity index (χ0n) is 12.9. The van der Waals surface area contributed by atoms with Gasteiger partial charge in [-0.3, -0.25) is 9.45 Å². The maximum atomic E-state index is 10.5. The largest absolute Gasteiger partial charge is 0.399 e. The number of hydrogen-bond acceptors (Lipinski definition) is 4. The van der Waals surface area contributed by atoms with Gasteiger partial charge in [-0.15, -0.1) is 0 Å². The molecule has 0 unspecified atom stereocenters. The predicted molar refractivity (Wildman–Crippen MR) is 83.3 cm³/mol. The Morgan fingerprint density at radius 1 is 1.20 bits per heavy atom. The first-order chi connectivity index (χ1) is 9.09. The fraction of sp³-hybridized carbons (Fsp3) is 0.571. The first-order valence-electron chi connectivity index (χ1n) is 6.68. The maximum absolute atomic E-state index is 10.5. The minimum Gasteiger partial charge on any atom is -0.399 e. The van der Waals surface area contributed by atoms with E-state index in [1.54, 1.807) is 0 Å². The standard InChI is InChI=1S/C8H19N.C6H7NO3S/c1-6-9(7(2)3)8(4)5;7-5-2-1-3-6(4-5)11(8,9)10/h7-8H,6H2,1-5H3;1-4H,7H2,(H,8,9,10). The predicted octanol–water partition coefficient (Wildman–Crippen LogP) is 2.64. The number of nitrogen functional groups attached to an aromatic ring is 1. The van der Waals surface area contributed by atoms with Crippen molar-refractivity contribution >= 4 is 15.8 Å². The summed E-state index contributed by atoms with van der Waals surface area (Å²) in [5.41, 5.74) is 5.59. The van der Waals surface area contributed by atoms with Crippen molar-refractivity contribution < 1.29 is 13.0 Å². The third kappa shape index (κ3) is 6.88. The molecule has 0 saturated carbocycles. The molecule has 6 heteroatoms. The van der Waals surface area contributed by atoms with Gasteiger partial charge in [0.2, 0.25) is 0 Å². The molecule has 0 heterocycles. The summed E-state index contributed by atoms with van der Waals surface area (Å²) in [6.07, 6.45) is 0. The topological polar surface area (TPSA) is 83.6 Å². The van der Waals surface area contributed by atoms with Gasteiger partial charge in [-0.1, -0.05) is 13.0 Å². The Bertz CT molecular complexity index is 491. The van der Waals surface area contributed by atoms with Crippen LogP contribution in [-0.2, 0) is 10.1 Å². The lowest BCUT2D eigenvalue weighted by Gasteiger charge is -2.28. The Morgan fingerprint density at radius 2 is 1.70 bits per heavy atom. The molecule has 5 nitrogen and oxygen atoms in total. The van der Waals surface area contributed by atoms with Crippen molar-refractivity contribution in [1.29, 1.82) is 0 Å². The highest BCUT2D eigenvalue weighted by Gasteiger charge is 2.09. The summed E-state index contributed by atoms with van der Waals surface area (Å²) in [5, 5.41) is 0. The number of hydrogen-bond donors (Lipinski definition) is 2. The van der Waals surface area contributed by atoms with E-state index in [2.05, 4.69) is 39.5 Å². The van der Waals surface area contributed by atoms with Gasteiger partial charge in [-0.25, -0.2) is 0 Å². The van der Waals surface area contributed by atoms with Crippen molar-refractivity contribution in [2.75, 3.05) is 12.3 Å². The van der Waals surface area contributed by atoms with Gasteiger partial charge < -0.3 is 5.73 Å². The molecule has 0 atom stereocenters. The van der Waals surface area contributed by atoms with E-state index in [9.17, 15) is 8.42 Å². The van der Waals surface area contributed by atoms with Crippen LogP contribution < -0.4 is 5.73 Å². The quantitative estimate of drug-likeness (QED) is 0.660. The zero-order chi connectivity index (χ0) is 15.9. The van der Waals surface area contributed by atoms with Gasteiger partial charge in [-0.05, 0) is 52.4 Å². The van der Waals surface area contributed by atoms with E-state index >= 15 is 0 Å². The van der Waals surface area contributed by atoms with Gasteiger partial charge >= 0.3 is 0 Å². The van der Waals surface area contributed by atoms with Crippen molar-refractivity contribution in [3.05, 3.63) is 24.3 Å². The smallest absolute Gasteiger partial charge is 0.294 e. The number of anilines is 1. The van der Waals surface area contributed by atoms with Gasteiger partial charge in [0.1, 0.15) is 0 Å². The number of nitrogens with zero attached hydrogens (tertiary/aromatic N) is 1. The second kappa shape index (κ2) is 8.24. The zero-order valence-corrected chi connectivity index (χ0v) is 13.7. The summed E-state index contributed by atoms with van der Waals surface area (Å²) in [5.74, 6) is 0. The number of nitrogens with two attached hydrogens (primary N) is 1. The minimum atomic E-state index is -4.11. The molecule has 0 saturated heterocycles. The van der Waals surface area contributed by atoms with Crippen molar-refractivity contribution in [3.63, 3.8) is 0 Å². The molecule has 0 aliphatic carbocycles. The average molecular weight is 302 g/mol. The number of rotatable bonds is 4. The van der Waals surface area contributed by atoms with Crippen LogP contribution in [0.15, 0.2) is 29.2 Å². The average Bonchev–Trinajstić information content (AvgIpc) is 2.28. The third-order valence-corrected chi connectivity index (χ3v) is 3.70. The Balaban J connectivity index is 0.000000370. The summed E-state index contributed by atoms with van der Waals surface area (Å²) in [4.78, 5) is 2.28. The highest BCUT2D eigenvalue weighted by Crippen LogP contribution is 2.11. The van der Waals surface area contributed by atoms with Crippen molar-refractivity contribution in [1.82, 2.24) is 4.90 Å². The fourth-order valence-corrected chi connectivity index (χ4v) is 2.54. The first kappa shape index (κ1) is 18.9. The molecule has 1 aromatic carbocycles. The van der Waals surface area contributed by atoms with Gasteiger partial charge in [0, 0.05) is 17.8 Å². The molecule has 0 aromatic heterocycles. The fourth-order valence-electron chi connectivity index (χ4n) is 2.00. The molecule has 3 N–H and O–H groups in total. The molecule has 20 heavy (non-hydrogen) atoms. The van der Waals surface area contributed by atoms with Gasteiger partial charge in [-0.2, -0.15) is 8.42 Å². The van der Waals surface area contributed by atoms with Crippen LogP contribution in [0.1, 0.15) is 34.6 Å². The van der Waals surface area contributed by atoms with Crippen LogP contribution >= 0.6 is 0 Å². The van der Waals surface area contributed by atoms with Crippen molar-refractivity contribution in [2.45, 2.75) is 51.6 Å².